The van der Waals surface area contributed by atoms with Crippen molar-refractivity contribution in [2.45, 2.75) is 58.5 Å². The van der Waals surface area contributed by atoms with Gasteiger partial charge >= 0.3 is 0 Å². The molecule has 5 nitrogen and oxygen atoms in total. The normalized spacial score (nSPS) is 22.6. The maximum absolute atomic E-state index is 12.4. The standard InChI is InChI=1S/C18H35N3O2.2ClH/c1-13(2)16(21-8-4-14(3)5-9-21)12-20-18(22)17(19)15-6-10-23-11-7-15;;/h13-17H,4-12,19H2,1-3H3,(H,20,22);2*1H. The van der Waals surface area contributed by atoms with Crippen molar-refractivity contribution in [1.82, 2.24) is 10.2 Å². The fourth-order valence-corrected chi connectivity index (χ4v) is 3.76. The predicted octanol–water partition coefficient (Wildman–Crippen LogP) is 2.46. The lowest BCUT2D eigenvalue weighted by molar-refractivity contribution is -0.124. The lowest BCUT2D eigenvalue weighted by atomic mass is 9.91. The molecule has 2 saturated heterocycles. The molecule has 0 aromatic carbocycles. The number of rotatable bonds is 6. The van der Waals surface area contributed by atoms with E-state index in [1.54, 1.807) is 0 Å². The van der Waals surface area contributed by atoms with Gasteiger partial charge in [0, 0.05) is 25.8 Å². The van der Waals surface area contributed by atoms with Gasteiger partial charge in [-0.1, -0.05) is 20.8 Å². The van der Waals surface area contributed by atoms with E-state index in [9.17, 15) is 4.79 Å². The third kappa shape index (κ3) is 7.59. The molecule has 0 spiro atoms. The van der Waals surface area contributed by atoms with Crippen LogP contribution in [0.15, 0.2) is 0 Å². The number of carbonyl (C=O) groups excluding carboxylic acids is 1. The van der Waals surface area contributed by atoms with Gasteiger partial charge < -0.3 is 15.8 Å². The highest BCUT2D eigenvalue weighted by atomic mass is 35.5. The van der Waals surface area contributed by atoms with Crippen LogP contribution in [0.3, 0.4) is 0 Å². The third-order valence-electron chi connectivity index (χ3n) is 5.62. The number of ether oxygens (including phenoxy) is 1. The van der Waals surface area contributed by atoms with E-state index in [0.717, 1.165) is 45.1 Å². The highest BCUT2D eigenvalue weighted by Crippen LogP contribution is 2.21. The summed E-state index contributed by atoms with van der Waals surface area (Å²) < 4.78 is 5.35. The number of hydrogen-bond acceptors (Lipinski definition) is 4. The first kappa shape index (κ1) is 24.9. The van der Waals surface area contributed by atoms with E-state index >= 15 is 0 Å². The quantitative estimate of drug-likeness (QED) is 0.721. The molecule has 2 aliphatic heterocycles. The Hall–Kier alpha value is -0.0700. The Balaban J connectivity index is 0.00000288. The lowest BCUT2D eigenvalue weighted by Gasteiger charge is -2.39. The Morgan fingerprint density at radius 1 is 1.16 bits per heavy atom. The van der Waals surface area contributed by atoms with Gasteiger partial charge in [-0.15, -0.1) is 24.8 Å². The predicted molar refractivity (Wildman–Crippen MR) is 108 cm³/mol. The average Bonchev–Trinajstić information content (AvgIpc) is 2.56. The molecule has 0 aromatic rings. The molecule has 2 aliphatic rings. The van der Waals surface area contributed by atoms with E-state index in [1.807, 2.05) is 0 Å². The summed E-state index contributed by atoms with van der Waals surface area (Å²) in [5, 5.41) is 3.12. The second-order valence-corrected chi connectivity index (χ2v) is 7.75. The topological polar surface area (TPSA) is 67.6 Å². The number of carbonyl (C=O) groups is 1. The zero-order chi connectivity index (χ0) is 16.8. The van der Waals surface area contributed by atoms with Crippen LogP contribution in [0.1, 0.15) is 46.5 Å². The first-order valence-electron chi connectivity index (χ1n) is 9.34. The van der Waals surface area contributed by atoms with Gasteiger partial charge in [0.15, 0.2) is 0 Å². The molecule has 150 valence electrons. The number of hydrogen-bond donors (Lipinski definition) is 2. The molecule has 7 heteroatoms. The Morgan fingerprint density at radius 3 is 2.24 bits per heavy atom. The lowest BCUT2D eigenvalue weighted by Crippen LogP contribution is -2.53. The van der Waals surface area contributed by atoms with Gasteiger partial charge in [-0.2, -0.15) is 0 Å². The second kappa shape index (κ2) is 12.3. The first-order chi connectivity index (χ1) is 11.0. The third-order valence-corrected chi connectivity index (χ3v) is 5.62. The smallest absolute Gasteiger partial charge is 0.237 e. The van der Waals surface area contributed by atoms with Gasteiger partial charge in [-0.3, -0.25) is 9.69 Å². The molecule has 0 aromatic heterocycles. The highest BCUT2D eigenvalue weighted by Gasteiger charge is 2.29. The summed E-state index contributed by atoms with van der Waals surface area (Å²) >= 11 is 0. The maximum atomic E-state index is 12.4. The summed E-state index contributed by atoms with van der Waals surface area (Å²) in [6, 6.07) is 0.0152. The van der Waals surface area contributed by atoms with Gasteiger partial charge in [0.1, 0.15) is 0 Å². The minimum Gasteiger partial charge on any atom is -0.381 e. The molecule has 2 unspecified atom stereocenters. The number of nitrogens with two attached hydrogens (primary N) is 1. The number of nitrogens with one attached hydrogen (secondary N) is 1. The zero-order valence-electron chi connectivity index (χ0n) is 15.9. The summed E-state index contributed by atoms with van der Waals surface area (Å²) in [4.78, 5) is 15.0. The van der Waals surface area contributed by atoms with Crippen LogP contribution in [-0.4, -0.2) is 55.7 Å². The van der Waals surface area contributed by atoms with E-state index in [0.29, 0.717) is 18.5 Å². The van der Waals surface area contributed by atoms with Gasteiger partial charge in [0.2, 0.25) is 5.91 Å². The van der Waals surface area contributed by atoms with Gasteiger partial charge in [-0.05, 0) is 56.5 Å². The van der Waals surface area contributed by atoms with E-state index < -0.39 is 6.04 Å². The van der Waals surface area contributed by atoms with Gasteiger partial charge in [-0.25, -0.2) is 0 Å². The number of piperidine rings is 1. The summed E-state index contributed by atoms with van der Waals surface area (Å²) in [6.45, 7) is 11.3. The minimum atomic E-state index is -0.395. The Bertz CT molecular complexity index is 371. The van der Waals surface area contributed by atoms with Crippen molar-refractivity contribution in [3.63, 3.8) is 0 Å². The molecule has 0 aliphatic carbocycles. The SMILES string of the molecule is CC1CCN(C(CNC(=O)C(N)C2CCOCC2)C(C)C)CC1.Cl.Cl. The van der Waals surface area contributed by atoms with Crippen molar-refractivity contribution in [3.05, 3.63) is 0 Å². The van der Waals surface area contributed by atoms with Crippen molar-refractivity contribution in [2.24, 2.45) is 23.5 Å². The van der Waals surface area contributed by atoms with Crippen molar-refractivity contribution < 1.29 is 9.53 Å². The Labute approximate surface area is 165 Å². The summed E-state index contributed by atoms with van der Waals surface area (Å²) in [6.07, 6.45) is 4.32. The van der Waals surface area contributed by atoms with Crippen LogP contribution in [0, 0.1) is 17.8 Å². The molecule has 0 bridgehead atoms. The van der Waals surface area contributed by atoms with Crippen LogP contribution >= 0.6 is 24.8 Å². The number of amides is 1. The van der Waals surface area contributed by atoms with Crippen molar-refractivity contribution in [2.75, 3.05) is 32.8 Å². The first-order valence-corrected chi connectivity index (χ1v) is 9.34. The summed E-state index contributed by atoms with van der Waals surface area (Å²) in [5.41, 5.74) is 6.17. The highest BCUT2D eigenvalue weighted by molar-refractivity contribution is 5.85. The molecule has 2 rings (SSSR count). The van der Waals surface area contributed by atoms with Crippen molar-refractivity contribution in [3.8, 4) is 0 Å². The van der Waals surface area contributed by atoms with E-state index in [-0.39, 0.29) is 36.6 Å². The number of halogens is 2. The van der Waals surface area contributed by atoms with Crippen LogP contribution in [0.25, 0.3) is 0 Å². The summed E-state index contributed by atoms with van der Waals surface area (Å²) in [7, 11) is 0. The molecule has 3 N–H and O–H groups in total. The molecule has 2 fully saturated rings. The Kier molecular flexibility index (Phi) is 12.3. The van der Waals surface area contributed by atoms with Gasteiger partial charge in [0.25, 0.3) is 0 Å². The van der Waals surface area contributed by atoms with E-state index in [1.165, 1.54) is 12.8 Å². The van der Waals surface area contributed by atoms with Crippen LogP contribution in [0.4, 0.5) is 0 Å². The van der Waals surface area contributed by atoms with Crippen LogP contribution in [0.5, 0.6) is 0 Å². The number of likely N-dealkylation sites (tertiary alicyclic amines) is 1. The molecule has 2 atom stereocenters. The molecule has 2 heterocycles. The summed E-state index contributed by atoms with van der Waals surface area (Å²) in [5.74, 6) is 1.63. The molecule has 25 heavy (non-hydrogen) atoms. The van der Waals surface area contributed by atoms with E-state index in [4.69, 9.17) is 10.5 Å². The molecule has 0 saturated carbocycles. The fraction of sp³-hybridized carbons (Fsp3) is 0.944. The Morgan fingerprint density at radius 2 is 1.72 bits per heavy atom. The maximum Gasteiger partial charge on any atom is 0.237 e. The fourth-order valence-electron chi connectivity index (χ4n) is 3.76. The monoisotopic (exact) mass is 397 g/mol. The zero-order valence-corrected chi connectivity index (χ0v) is 17.5. The van der Waals surface area contributed by atoms with Crippen molar-refractivity contribution >= 4 is 30.7 Å². The van der Waals surface area contributed by atoms with Gasteiger partial charge in [0.05, 0.1) is 6.04 Å². The molecule has 0 radical (unpaired) electrons. The second-order valence-electron chi connectivity index (χ2n) is 7.75. The molecule has 1 amide bonds. The largest absolute Gasteiger partial charge is 0.381 e. The van der Waals surface area contributed by atoms with Crippen LogP contribution < -0.4 is 11.1 Å². The average molecular weight is 398 g/mol. The molecular weight excluding hydrogens is 361 g/mol. The number of nitrogens with zero attached hydrogens (tertiary/aromatic N) is 1. The molecular formula is C18H37Cl2N3O2. The van der Waals surface area contributed by atoms with Crippen molar-refractivity contribution in [1.29, 1.82) is 0 Å². The minimum absolute atomic E-state index is 0. The van der Waals surface area contributed by atoms with E-state index in [2.05, 4.69) is 31.0 Å². The van der Waals surface area contributed by atoms with Crippen LogP contribution in [-0.2, 0) is 9.53 Å². The van der Waals surface area contributed by atoms with Crippen LogP contribution in [0.2, 0.25) is 0 Å².